The molecule has 1 aromatic carbocycles. The van der Waals surface area contributed by atoms with Crippen LogP contribution in [0.1, 0.15) is 25.5 Å². The maximum atomic E-state index is 9.28. The summed E-state index contributed by atoms with van der Waals surface area (Å²) in [5.41, 5.74) is 6.82. The van der Waals surface area contributed by atoms with Crippen molar-refractivity contribution in [2.24, 2.45) is 11.1 Å². The Morgan fingerprint density at radius 1 is 1.38 bits per heavy atom. The Labute approximate surface area is 119 Å². The zero-order valence-electron chi connectivity index (χ0n) is 9.21. The van der Waals surface area contributed by atoms with E-state index in [0.717, 1.165) is 14.5 Å². The molecule has 0 saturated carbocycles. The summed E-state index contributed by atoms with van der Waals surface area (Å²) in [6.45, 7) is 3.96. The van der Waals surface area contributed by atoms with Gasteiger partial charge in [0.2, 0.25) is 0 Å². The molecule has 1 atom stereocenters. The van der Waals surface area contributed by atoms with Crippen LogP contribution in [0.2, 0.25) is 0 Å². The smallest absolute Gasteiger partial charge is 0.0500 e. The molecule has 0 bridgehead atoms. The summed E-state index contributed by atoms with van der Waals surface area (Å²) >= 11 is 6.88. The van der Waals surface area contributed by atoms with Gasteiger partial charge in [-0.3, -0.25) is 0 Å². The van der Waals surface area contributed by atoms with Gasteiger partial charge in [-0.2, -0.15) is 0 Å². The highest BCUT2D eigenvalue weighted by Crippen LogP contribution is 2.35. The van der Waals surface area contributed by atoms with Crippen LogP contribution in [0.3, 0.4) is 0 Å². The van der Waals surface area contributed by atoms with Gasteiger partial charge < -0.3 is 10.8 Å². The van der Waals surface area contributed by atoms with E-state index >= 15 is 0 Å². The Kier molecular flexibility index (Phi) is 6.51. The van der Waals surface area contributed by atoms with Crippen molar-refractivity contribution < 1.29 is 5.11 Å². The fourth-order valence-electron chi connectivity index (χ4n) is 1.27. The maximum absolute atomic E-state index is 9.28. The Morgan fingerprint density at radius 3 is 2.44 bits per heavy atom. The van der Waals surface area contributed by atoms with Gasteiger partial charge in [0.05, 0.1) is 0 Å². The molecular formula is C11H16Br2ClNO. The zero-order valence-corrected chi connectivity index (χ0v) is 13.2. The number of nitrogens with two attached hydrogens (primary N) is 1. The third-order valence-electron chi connectivity index (χ3n) is 2.54. The molecule has 0 amide bonds. The normalized spacial score (nSPS) is 13.1. The summed E-state index contributed by atoms with van der Waals surface area (Å²) in [4.78, 5) is 0. The third-order valence-corrected chi connectivity index (χ3v) is 3.76. The number of aliphatic hydroxyl groups is 1. The van der Waals surface area contributed by atoms with Crippen molar-refractivity contribution in [2.45, 2.75) is 19.9 Å². The van der Waals surface area contributed by atoms with Crippen molar-refractivity contribution in [3.8, 4) is 0 Å². The minimum absolute atomic E-state index is 0. The largest absolute Gasteiger partial charge is 0.396 e. The van der Waals surface area contributed by atoms with Crippen LogP contribution in [0.15, 0.2) is 27.1 Å². The van der Waals surface area contributed by atoms with Crippen LogP contribution in [0.5, 0.6) is 0 Å². The predicted octanol–water partition coefficient (Wildman–Crippen LogP) is 3.65. The average molecular weight is 374 g/mol. The van der Waals surface area contributed by atoms with Gasteiger partial charge >= 0.3 is 0 Å². The average Bonchev–Trinajstić information content (AvgIpc) is 2.20. The van der Waals surface area contributed by atoms with E-state index in [1.807, 2.05) is 32.0 Å². The quantitative estimate of drug-likeness (QED) is 0.850. The molecule has 2 nitrogen and oxygen atoms in total. The molecule has 0 aliphatic carbocycles. The van der Waals surface area contributed by atoms with Gasteiger partial charge in [-0.05, 0) is 23.8 Å². The molecule has 1 rings (SSSR count). The van der Waals surface area contributed by atoms with Gasteiger partial charge in [0, 0.05) is 27.0 Å². The van der Waals surface area contributed by atoms with Gasteiger partial charge in [-0.15, -0.1) is 12.4 Å². The summed E-state index contributed by atoms with van der Waals surface area (Å²) < 4.78 is 1.96. The Bertz CT molecular complexity index is 358. The maximum Gasteiger partial charge on any atom is 0.0500 e. The minimum atomic E-state index is -0.330. The summed E-state index contributed by atoms with van der Waals surface area (Å²) in [7, 11) is 0. The zero-order chi connectivity index (χ0) is 11.6. The highest BCUT2D eigenvalue weighted by Gasteiger charge is 2.28. The number of hydrogen-bond donors (Lipinski definition) is 2. The van der Waals surface area contributed by atoms with E-state index in [1.54, 1.807) is 0 Å². The van der Waals surface area contributed by atoms with Crippen LogP contribution in [-0.4, -0.2) is 11.7 Å². The van der Waals surface area contributed by atoms with Crippen LogP contribution >= 0.6 is 44.3 Å². The summed E-state index contributed by atoms with van der Waals surface area (Å²) in [6.07, 6.45) is 0. The van der Waals surface area contributed by atoms with E-state index in [2.05, 4.69) is 31.9 Å². The van der Waals surface area contributed by atoms with Crippen LogP contribution in [-0.2, 0) is 0 Å². The molecule has 0 fully saturated rings. The minimum Gasteiger partial charge on any atom is -0.396 e. The van der Waals surface area contributed by atoms with E-state index in [1.165, 1.54) is 0 Å². The van der Waals surface area contributed by atoms with E-state index < -0.39 is 0 Å². The van der Waals surface area contributed by atoms with Crippen molar-refractivity contribution in [3.05, 3.63) is 32.7 Å². The number of rotatable bonds is 3. The van der Waals surface area contributed by atoms with Crippen molar-refractivity contribution in [1.29, 1.82) is 0 Å². The van der Waals surface area contributed by atoms with E-state index in [4.69, 9.17) is 5.73 Å². The number of benzene rings is 1. The molecule has 0 unspecified atom stereocenters. The van der Waals surface area contributed by atoms with Gasteiger partial charge in [-0.25, -0.2) is 0 Å². The Morgan fingerprint density at radius 2 is 1.94 bits per heavy atom. The summed E-state index contributed by atoms with van der Waals surface area (Å²) in [6, 6.07) is 5.68. The monoisotopic (exact) mass is 371 g/mol. The standard InChI is InChI=1S/C11H15Br2NO.ClH/c1-11(2,6-15)10(14)8-5-7(12)3-4-9(8)13;/h3-5,10,15H,6,14H2,1-2H3;1H/t10-;/m0./s1. The first kappa shape index (κ1) is 16.4. The van der Waals surface area contributed by atoms with Crippen LogP contribution in [0, 0.1) is 5.41 Å². The van der Waals surface area contributed by atoms with Gasteiger partial charge in [0.15, 0.2) is 0 Å². The molecule has 0 saturated heterocycles. The molecule has 16 heavy (non-hydrogen) atoms. The molecule has 0 aliphatic rings. The van der Waals surface area contributed by atoms with E-state index in [-0.39, 0.29) is 30.5 Å². The third kappa shape index (κ3) is 3.70. The molecule has 0 aromatic heterocycles. The second kappa shape index (κ2) is 6.36. The highest BCUT2D eigenvalue weighted by atomic mass is 79.9. The van der Waals surface area contributed by atoms with Gasteiger partial charge in [0.1, 0.15) is 0 Å². The summed E-state index contributed by atoms with van der Waals surface area (Å²) in [5.74, 6) is 0. The van der Waals surface area contributed by atoms with Crippen molar-refractivity contribution in [1.82, 2.24) is 0 Å². The van der Waals surface area contributed by atoms with Crippen molar-refractivity contribution in [2.75, 3.05) is 6.61 Å². The predicted molar refractivity (Wildman–Crippen MR) is 76.9 cm³/mol. The molecule has 0 aliphatic heterocycles. The van der Waals surface area contributed by atoms with Crippen LogP contribution in [0.25, 0.3) is 0 Å². The Balaban J connectivity index is 0.00000225. The van der Waals surface area contributed by atoms with E-state index in [0.29, 0.717) is 0 Å². The first-order valence-corrected chi connectivity index (χ1v) is 6.28. The second-order valence-corrected chi connectivity index (χ2v) is 6.06. The van der Waals surface area contributed by atoms with Gasteiger partial charge in [0.25, 0.3) is 0 Å². The fraction of sp³-hybridized carbons (Fsp3) is 0.455. The van der Waals surface area contributed by atoms with Crippen LogP contribution in [0.4, 0.5) is 0 Å². The van der Waals surface area contributed by atoms with Crippen LogP contribution < -0.4 is 5.73 Å². The number of halogens is 3. The topological polar surface area (TPSA) is 46.2 Å². The molecule has 0 heterocycles. The van der Waals surface area contributed by atoms with Crippen molar-refractivity contribution >= 4 is 44.3 Å². The lowest BCUT2D eigenvalue weighted by molar-refractivity contribution is 0.132. The lowest BCUT2D eigenvalue weighted by atomic mass is 9.82. The number of hydrogen-bond acceptors (Lipinski definition) is 2. The highest BCUT2D eigenvalue weighted by molar-refractivity contribution is 9.11. The molecule has 1 aromatic rings. The van der Waals surface area contributed by atoms with Crippen molar-refractivity contribution in [3.63, 3.8) is 0 Å². The lowest BCUT2D eigenvalue weighted by Crippen LogP contribution is -2.32. The fourth-order valence-corrected chi connectivity index (χ4v) is 2.14. The first-order valence-electron chi connectivity index (χ1n) is 4.70. The molecule has 0 spiro atoms. The SMILES string of the molecule is CC(C)(CO)[C@@H](N)c1cc(Br)ccc1Br.Cl. The van der Waals surface area contributed by atoms with Gasteiger partial charge in [-0.1, -0.05) is 45.7 Å². The molecular weight excluding hydrogens is 357 g/mol. The second-order valence-electron chi connectivity index (χ2n) is 4.29. The molecule has 3 N–H and O–H groups in total. The molecule has 0 radical (unpaired) electrons. The molecule has 5 heteroatoms. The summed E-state index contributed by atoms with van der Waals surface area (Å²) in [5, 5.41) is 9.28. The first-order chi connectivity index (χ1) is 6.88. The lowest BCUT2D eigenvalue weighted by Gasteiger charge is -2.30. The number of aliphatic hydroxyl groups excluding tert-OH is 1. The molecule has 92 valence electrons. The Hall–Kier alpha value is 0.390. The van der Waals surface area contributed by atoms with E-state index in [9.17, 15) is 5.11 Å².